The quantitative estimate of drug-likeness (QED) is 0.793. The van der Waals surface area contributed by atoms with E-state index in [4.69, 9.17) is 0 Å². The highest BCUT2D eigenvalue weighted by Crippen LogP contribution is 2.15. The molecule has 1 amide bonds. The highest BCUT2D eigenvalue weighted by Gasteiger charge is 2.12. The lowest BCUT2D eigenvalue weighted by molar-refractivity contribution is -0.116. The second-order valence-corrected chi connectivity index (χ2v) is 6.15. The van der Waals surface area contributed by atoms with Gasteiger partial charge in [-0.15, -0.1) is 0 Å². The molecule has 0 saturated carbocycles. The van der Waals surface area contributed by atoms with Crippen molar-refractivity contribution in [2.45, 2.75) is 32.7 Å². The topological polar surface area (TPSA) is 64.0 Å². The predicted molar refractivity (Wildman–Crippen MR) is 88.9 cm³/mol. The van der Waals surface area contributed by atoms with E-state index in [0.717, 1.165) is 4.47 Å². The minimum Gasteiger partial charge on any atom is -0.311 e. The minimum atomic E-state index is -0.187. The number of amides is 1. The van der Waals surface area contributed by atoms with Crippen molar-refractivity contribution in [3.63, 3.8) is 0 Å². The van der Waals surface area contributed by atoms with Crippen LogP contribution >= 0.6 is 15.9 Å². The van der Waals surface area contributed by atoms with Gasteiger partial charge in [-0.05, 0) is 26.0 Å². The third-order valence-corrected chi connectivity index (χ3v) is 3.70. The fourth-order valence-electron chi connectivity index (χ4n) is 2.04. The number of hydrogen-bond donors (Lipinski definition) is 1. The molecule has 0 spiro atoms. The molecule has 1 aromatic carbocycles. The highest BCUT2D eigenvalue weighted by molar-refractivity contribution is 9.10. The number of rotatable bonds is 6. The molecule has 0 aliphatic carbocycles. The zero-order chi connectivity index (χ0) is 16.1. The standard InChI is InChI=1S/C16H18BrN3O2/c1-11(2)20-15(9-10-18-20)19-16(22)8-7-14(21)12-3-5-13(17)6-4-12/h3-6,9-11H,7-8H2,1-2H3,(H,19,22). The summed E-state index contributed by atoms with van der Waals surface area (Å²) in [6.45, 7) is 3.97. The van der Waals surface area contributed by atoms with Crippen LogP contribution in [0.25, 0.3) is 0 Å². The van der Waals surface area contributed by atoms with Crippen LogP contribution < -0.4 is 5.32 Å². The van der Waals surface area contributed by atoms with Gasteiger partial charge in [-0.25, -0.2) is 4.68 Å². The fraction of sp³-hybridized carbons (Fsp3) is 0.312. The highest BCUT2D eigenvalue weighted by atomic mass is 79.9. The largest absolute Gasteiger partial charge is 0.311 e. The third kappa shape index (κ3) is 4.27. The van der Waals surface area contributed by atoms with Crippen LogP contribution in [0.15, 0.2) is 41.0 Å². The number of benzene rings is 1. The van der Waals surface area contributed by atoms with Gasteiger partial charge in [0, 0.05) is 35.0 Å². The van der Waals surface area contributed by atoms with Gasteiger partial charge in [0.25, 0.3) is 0 Å². The number of halogens is 1. The van der Waals surface area contributed by atoms with Crippen molar-refractivity contribution in [1.82, 2.24) is 9.78 Å². The zero-order valence-electron chi connectivity index (χ0n) is 12.5. The van der Waals surface area contributed by atoms with Crippen molar-refractivity contribution in [2.24, 2.45) is 0 Å². The van der Waals surface area contributed by atoms with Gasteiger partial charge < -0.3 is 5.32 Å². The summed E-state index contributed by atoms with van der Waals surface area (Å²) in [4.78, 5) is 24.0. The molecule has 0 aliphatic rings. The lowest BCUT2D eigenvalue weighted by atomic mass is 10.1. The molecule has 6 heteroatoms. The molecule has 0 aliphatic heterocycles. The average molecular weight is 364 g/mol. The predicted octanol–water partition coefficient (Wildman–Crippen LogP) is 3.83. The van der Waals surface area contributed by atoms with E-state index < -0.39 is 0 Å². The first-order valence-electron chi connectivity index (χ1n) is 7.09. The zero-order valence-corrected chi connectivity index (χ0v) is 14.1. The Bertz CT molecular complexity index is 662. The molecular formula is C16H18BrN3O2. The van der Waals surface area contributed by atoms with Crippen molar-refractivity contribution >= 4 is 33.4 Å². The van der Waals surface area contributed by atoms with Crippen LogP contribution in [0.3, 0.4) is 0 Å². The molecular weight excluding hydrogens is 346 g/mol. The maximum atomic E-state index is 12.0. The monoisotopic (exact) mass is 363 g/mol. The number of carbonyl (C=O) groups excluding carboxylic acids is 2. The molecule has 0 bridgehead atoms. The summed E-state index contributed by atoms with van der Waals surface area (Å²) < 4.78 is 2.65. The van der Waals surface area contributed by atoms with Crippen LogP contribution in [0.1, 0.15) is 43.1 Å². The van der Waals surface area contributed by atoms with E-state index >= 15 is 0 Å². The van der Waals surface area contributed by atoms with Gasteiger partial charge in [-0.1, -0.05) is 28.1 Å². The molecule has 0 atom stereocenters. The van der Waals surface area contributed by atoms with E-state index in [1.807, 2.05) is 26.0 Å². The van der Waals surface area contributed by atoms with E-state index in [9.17, 15) is 9.59 Å². The van der Waals surface area contributed by atoms with Gasteiger partial charge in [-0.3, -0.25) is 9.59 Å². The Kier molecular flexibility index (Phi) is 5.49. The maximum absolute atomic E-state index is 12.0. The van der Waals surface area contributed by atoms with Crippen molar-refractivity contribution in [3.8, 4) is 0 Å². The average Bonchev–Trinajstić information content (AvgIpc) is 2.94. The Labute approximate surface area is 137 Å². The summed E-state index contributed by atoms with van der Waals surface area (Å²) >= 11 is 3.32. The molecule has 1 aromatic heterocycles. The molecule has 0 saturated heterocycles. The molecule has 2 rings (SSSR count). The molecule has 1 N–H and O–H groups in total. The number of anilines is 1. The van der Waals surface area contributed by atoms with Crippen molar-refractivity contribution in [1.29, 1.82) is 0 Å². The summed E-state index contributed by atoms with van der Waals surface area (Å²) in [7, 11) is 0. The molecule has 0 radical (unpaired) electrons. The smallest absolute Gasteiger partial charge is 0.225 e. The summed E-state index contributed by atoms with van der Waals surface area (Å²) in [5, 5.41) is 6.94. The molecule has 2 aromatic rings. The normalized spacial score (nSPS) is 10.7. The first kappa shape index (κ1) is 16.4. The SMILES string of the molecule is CC(C)n1nccc1NC(=O)CCC(=O)c1ccc(Br)cc1. The summed E-state index contributed by atoms with van der Waals surface area (Å²) in [5.41, 5.74) is 0.614. The van der Waals surface area contributed by atoms with Gasteiger partial charge >= 0.3 is 0 Å². The lowest BCUT2D eigenvalue weighted by Crippen LogP contribution is -2.17. The second kappa shape index (κ2) is 7.35. The minimum absolute atomic E-state index is 0.0417. The van der Waals surface area contributed by atoms with E-state index in [1.54, 1.807) is 29.1 Å². The molecule has 0 unspecified atom stereocenters. The first-order chi connectivity index (χ1) is 10.5. The maximum Gasteiger partial charge on any atom is 0.225 e. The second-order valence-electron chi connectivity index (χ2n) is 5.23. The molecule has 116 valence electrons. The van der Waals surface area contributed by atoms with Crippen molar-refractivity contribution in [3.05, 3.63) is 46.6 Å². The van der Waals surface area contributed by atoms with Gasteiger partial charge in [0.15, 0.2) is 5.78 Å². The fourth-order valence-corrected chi connectivity index (χ4v) is 2.30. The van der Waals surface area contributed by atoms with E-state index in [1.165, 1.54) is 0 Å². The number of carbonyl (C=O) groups is 2. The van der Waals surface area contributed by atoms with Crippen LogP contribution in [-0.2, 0) is 4.79 Å². The van der Waals surface area contributed by atoms with Gasteiger partial charge in [-0.2, -0.15) is 5.10 Å². The Hall–Kier alpha value is -1.95. The Morgan fingerprint density at radius 2 is 1.86 bits per heavy atom. The Balaban J connectivity index is 1.88. The van der Waals surface area contributed by atoms with Crippen LogP contribution in [0, 0.1) is 0 Å². The van der Waals surface area contributed by atoms with E-state index in [-0.39, 0.29) is 30.6 Å². The number of nitrogens with one attached hydrogen (secondary N) is 1. The van der Waals surface area contributed by atoms with Gasteiger partial charge in [0.2, 0.25) is 5.91 Å². The van der Waals surface area contributed by atoms with E-state index in [0.29, 0.717) is 11.4 Å². The Morgan fingerprint density at radius 1 is 1.18 bits per heavy atom. The molecule has 0 fully saturated rings. The third-order valence-electron chi connectivity index (χ3n) is 3.17. The van der Waals surface area contributed by atoms with Crippen LogP contribution in [-0.4, -0.2) is 21.5 Å². The number of aromatic nitrogens is 2. The summed E-state index contributed by atoms with van der Waals surface area (Å²) in [6.07, 6.45) is 1.98. The van der Waals surface area contributed by atoms with Crippen LogP contribution in [0.5, 0.6) is 0 Å². The van der Waals surface area contributed by atoms with Crippen molar-refractivity contribution in [2.75, 3.05) is 5.32 Å². The molecule has 1 heterocycles. The molecule has 5 nitrogen and oxygen atoms in total. The number of Topliss-reactive ketones (excluding diaryl/α,β-unsaturated/α-hetero) is 1. The van der Waals surface area contributed by atoms with E-state index in [2.05, 4.69) is 26.3 Å². The lowest BCUT2D eigenvalue weighted by Gasteiger charge is -2.11. The van der Waals surface area contributed by atoms with Gasteiger partial charge in [0.1, 0.15) is 5.82 Å². The van der Waals surface area contributed by atoms with Gasteiger partial charge in [0.05, 0.1) is 6.20 Å². The van der Waals surface area contributed by atoms with Crippen LogP contribution in [0.4, 0.5) is 5.82 Å². The number of nitrogens with zero attached hydrogens (tertiary/aromatic N) is 2. The number of ketones is 1. The van der Waals surface area contributed by atoms with Crippen LogP contribution in [0.2, 0.25) is 0 Å². The number of hydrogen-bond acceptors (Lipinski definition) is 3. The molecule has 22 heavy (non-hydrogen) atoms. The first-order valence-corrected chi connectivity index (χ1v) is 7.89. The van der Waals surface area contributed by atoms with Crippen molar-refractivity contribution < 1.29 is 9.59 Å². The summed E-state index contributed by atoms with van der Waals surface area (Å²) in [6, 6.07) is 9.03. The summed E-state index contributed by atoms with van der Waals surface area (Å²) in [5.74, 6) is 0.420. The Morgan fingerprint density at radius 3 is 2.50 bits per heavy atom.